The quantitative estimate of drug-likeness (QED) is 0.245. The van der Waals surface area contributed by atoms with Crippen LogP contribution in [0.2, 0.25) is 0 Å². The molecule has 0 aromatic rings. The van der Waals surface area contributed by atoms with Gasteiger partial charge in [0.2, 0.25) is 0 Å². The number of thiol groups is 1. The molecule has 0 amide bonds. The minimum Gasteiger partial charge on any atom is -0.457 e. The van der Waals surface area contributed by atoms with E-state index in [-0.39, 0.29) is 17.8 Å². The Labute approximate surface area is 172 Å². The molecule has 0 rings (SSSR count). The fourth-order valence-corrected chi connectivity index (χ4v) is 2.61. The fourth-order valence-electron chi connectivity index (χ4n) is 2.46. The molecule has 2 N–H and O–H groups in total. The Balaban J connectivity index is 4.98. The van der Waals surface area contributed by atoms with Crippen molar-refractivity contribution in [3.8, 4) is 0 Å². The van der Waals surface area contributed by atoms with Crippen LogP contribution >= 0.6 is 12.6 Å². The molecule has 154 valence electrons. The van der Waals surface area contributed by atoms with Crippen LogP contribution in [-0.4, -0.2) is 23.9 Å². The first kappa shape index (κ1) is 25.7. The lowest BCUT2D eigenvalue weighted by Crippen LogP contribution is -2.36. The van der Waals surface area contributed by atoms with Gasteiger partial charge in [-0.3, -0.25) is 4.79 Å². The number of carbonyl (C=O) groups excluding carboxylic acids is 1. The molecule has 0 radical (unpaired) electrons. The molecular weight excluding hydrogens is 354 g/mol. The Morgan fingerprint density at radius 2 is 1.44 bits per heavy atom. The van der Waals surface area contributed by atoms with Gasteiger partial charge in [0, 0.05) is 12.2 Å². The third-order valence-corrected chi connectivity index (χ3v) is 4.51. The Kier molecular flexibility index (Phi) is 14.1. The first-order valence-corrected chi connectivity index (χ1v) is 10.5. The number of ether oxygens (including phenoxy) is 1. The standard InChI is InChI=1S/C23H39NO2S/c1-17(2)9-7-11-19(5)13-14-21(26-23(25)22(24)16-27)15-20(6)12-8-10-18(3)4/h9-10,13,15,21-22,27H,7-8,11-12,14,16,24H2,1-6H3/t21?,22-/m0/s1. The number of esters is 1. The minimum atomic E-state index is -0.682. The topological polar surface area (TPSA) is 52.3 Å². The predicted molar refractivity (Wildman–Crippen MR) is 121 cm³/mol. The second-order valence-corrected chi connectivity index (χ2v) is 8.07. The van der Waals surface area contributed by atoms with Crippen molar-refractivity contribution in [3.05, 3.63) is 46.6 Å². The smallest absolute Gasteiger partial charge is 0.324 e. The van der Waals surface area contributed by atoms with Gasteiger partial charge >= 0.3 is 5.97 Å². The van der Waals surface area contributed by atoms with E-state index in [4.69, 9.17) is 10.5 Å². The van der Waals surface area contributed by atoms with Gasteiger partial charge in [0.25, 0.3) is 0 Å². The van der Waals surface area contributed by atoms with Gasteiger partial charge in [0.05, 0.1) is 0 Å². The molecule has 0 aliphatic rings. The van der Waals surface area contributed by atoms with E-state index in [0.717, 1.165) is 25.7 Å². The Bertz CT molecular complexity index is 565. The molecule has 0 aliphatic carbocycles. The van der Waals surface area contributed by atoms with Gasteiger partial charge in [-0.2, -0.15) is 12.6 Å². The molecule has 1 unspecified atom stereocenters. The summed E-state index contributed by atoms with van der Waals surface area (Å²) in [5.41, 5.74) is 10.9. The van der Waals surface area contributed by atoms with E-state index in [1.165, 1.54) is 22.3 Å². The van der Waals surface area contributed by atoms with Crippen LogP contribution < -0.4 is 5.73 Å². The normalized spacial score (nSPS) is 14.4. The first-order valence-electron chi connectivity index (χ1n) is 9.82. The highest BCUT2D eigenvalue weighted by Crippen LogP contribution is 2.15. The number of nitrogens with two attached hydrogens (primary N) is 1. The summed E-state index contributed by atoms with van der Waals surface area (Å²) < 4.78 is 5.63. The van der Waals surface area contributed by atoms with Crippen LogP contribution in [0.15, 0.2) is 46.6 Å². The van der Waals surface area contributed by atoms with E-state index in [9.17, 15) is 4.79 Å². The van der Waals surface area contributed by atoms with Crippen LogP contribution in [0, 0.1) is 0 Å². The zero-order valence-electron chi connectivity index (χ0n) is 18.0. The highest BCUT2D eigenvalue weighted by Gasteiger charge is 2.17. The SMILES string of the molecule is CC(C)=CCCC(C)=CCC(C=C(C)CCC=C(C)C)OC(=O)[C@@H](N)CS. The Morgan fingerprint density at radius 3 is 1.93 bits per heavy atom. The lowest BCUT2D eigenvalue weighted by Gasteiger charge is -2.17. The molecular formula is C23H39NO2S. The van der Waals surface area contributed by atoms with Gasteiger partial charge in [0.15, 0.2) is 0 Å². The molecule has 2 atom stereocenters. The Hall–Kier alpha value is -1.26. The maximum absolute atomic E-state index is 12.1. The third-order valence-electron chi connectivity index (χ3n) is 4.12. The number of allylic oxidation sites excluding steroid dienone is 6. The van der Waals surface area contributed by atoms with E-state index in [1.54, 1.807) is 0 Å². The lowest BCUT2D eigenvalue weighted by atomic mass is 10.0. The van der Waals surface area contributed by atoms with Crippen molar-refractivity contribution < 1.29 is 9.53 Å². The van der Waals surface area contributed by atoms with Crippen molar-refractivity contribution in [2.24, 2.45) is 5.73 Å². The maximum Gasteiger partial charge on any atom is 0.324 e. The van der Waals surface area contributed by atoms with Crippen molar-refractivity contribution >= 4 is 18.6 Å². The van der Waals surface area contributed by atoms with Gasteiger partial charge in [-0.05, 0) is 73.3 Å². The van der Waals surface area contributed by atoms with Crippen molar-refractivity contribution in [2.75, 3.05) is 5.75 Å². The van der Waals surface area contributed by atoms with Gasteiger partial charge < -0.3 is 10.5 Å². The van der Waals surface area contributed by atoms with Gasteiger partial charge in [-0.1, -0.05) is 40.5 Å². The second kappa shape index (κ2) is 14.8. The van der Waals surface area contributed by atoms with Crippen LogP contribution in [-0.2, 0) is 9.53 Å². The second-order valence-electron chi connectivity index (χ2n) is 7.70. The van der Waals surface area contributed by atoms with Crippen LogP contribution in [0.25, 0.3) is 0 Å². The highest BCUT2D eigenvalue weighted by atomic mass is 32.1. The molecule has 3 nitrogen and oxygen atoms in total. The summed E-state index contributed by atoms with van der Waals surface area (Å²) >= 11 is 4.09. The predicted octanol–water partition coefficient (Wildman–Crippen LogP) is 5.93. The lowest BCUT2D eigenvalue weighted by molar-refractivity contribution is -0.147. The summed E-state index contributed by atoms with van der Waals surface area (Å²) in [5, 5.41) is 0. The number of hydrogen-bond acceptors (Lipinski definition) is 4. The van der Waals surface area contributed by atoms with Crippen LogP contribution in [0.1, 0.15) is 73.6 Å². The monoisotopic (exact) mass is 393 g/mol. The van der Waals surface area contributed by atoms with Crippen molar-refractivity contribution in [3.63, 3.8) is 0 Å². The average molecular weight is 394 g/mol. The van der Waals surface area contributed by atoms with E-state index in [1.807, 2.05) is 0 Å². The zero-order valence-corrected chi connectivity index (χ0v) is 18.9. The van der Waals surface area contributed by atoms with E-state index in [0.29, 0.717) is 6.42 Å². The summed E-state index contributed by atoms with van der Waals surface area (Å²) in [6.07, 6.45) is 13.1. The number of carbonyl (C=O) groups is 1. The minimum absolute atomic E-state index is 0.284. The fraction of sp³-hybridized carbons (Fsp3) is 0.609. The van der Waals surface area contributed by atoms with E-state index < -0.39 is 6.04 Å². The molecule has 0 aromatic carbocycles. The van der Waals surface area contributed by atoms with Crippen LogP contribution in [0.3, 0.4) is 0 Å². The zero-order chi connectivity index (χ0) is 20.8. The van der Waals surface area contributed by atoms with Crippen molar-refractivity contribution in [2.45, 2.75) is 85.8 Å². The Morgan fingerprint density at radius 1 is 0.926 bits per heavy atom. The first-order chi connectivity index (χ1) is 12.6. The molecule has 0 bridgehead atoms. The van der Waals surface area contributed by atoms with Gasteiger partial charge in [0.1, 0.15) is 12.1 Å². The van der Waals surface area contributed by atoms with Crippen LogP contribution in [0.5, 0.6) is 0 Å². The van der Waals surface area contributed by atoms with Gasteiger partial charge in [-0.15, -0.1) is 0 Å². The van der Waals surface area contributed by atoms with Crippen molar-refractivity contribution in [1.29, 1.82) is 0 Å². The van der Waals surface area contributed by atoms with E-state index >= 15 is 0 Å². The average Bonchev–Trinajstić information content (AvgIpc) is 2.58. The summed E-state index contributed by atoms with van der Waals surface area (Å²) in [6.45, 7) is 12.6. The molecule has 0 saturated carbocycles. The summed E-state index contributed by atoms with van der Waals surface area (Å²) in [5.74, 6) is -0.106. The van der Waals surface area contributed by atoms with Crippen LogP contribution in [0.4, 0.5) is 0 Å². The molecule has 4 heteroatoms. The largest absolute Gasteiger partial charge is 0.457 e. The maximum atomic E-state index is 12.1. The van der Waals surface area contributed by atoms with Crippen molar-refractivity contribution in [1.82, 2.24) is 0 Å². The summed E-state index contributed by atoms with van der Waals surface area (Å²) in [6, 6.07) is -0.682. The molecule has 27 heavy (non-hydrogen) atoms. The molecule has 0 spiro atoms. The number of hydrogen-bond donors (Lipinski definition) is 2. The van der Waals surface area contributed by atoms with E-state index in [2.05, 4.69) is 78.5 Å². The van der Waals surface area contributed by atoms with Gasteiger partial charge in [-0.25, -0.2) is 0 Å². The summed E-state index contributed by atoms with van der Waals surface area (Å²) in [4.78, 5) is 12.1. The molecule has 0 heterocycles. The molecule has 0 aliphatic heterocycles. The third kappa shape index (κ3) is 14.5. The molecule has 0 saturated heterocycles. The molecule has 0 fully saturated rings. The summed E-state index contributed by atoms with van der Waals surface area (Å²) in [7, 11) is 0. The number of rotatable bonds is 12. The highest BCUT2D eigenvalue weighted by molar-refractivity contribution is 7.80. The molecule has 0 aromatic heterocycles.